The normalized spacial score (nSPS) is 13.7. The Kier molecular flexibility index (Phi) is 6.61. The van der Waals surface area contributed by atoms with E-state index in [1.54, 1.807) is 6.07 Å². The first-order chi connectivity index (χ1) is 3.65. The van der Waals surface area contributed by atoms with Crippen LogP contribution in [-0.2, 0) is 9.60 Å². The van der Waals surface area contributed by atoms with Crippen LogP contribution in [0.1, 0.15) is 6.92 Å². The zero-order valence-electron chi connectivity index (χ0n) is 4.25. The van der Waals surface area contributed by atoms with Gasteiger partial charge < -0.3 is 0 Å². The van der Waals surface area contributed by atoms with Gasteiger partial charge in [-0.05, 0) is 0 Å². The van der Waals surface area contributed by atoms with Gasteiger partial charge in [0, 0.05) is 6.92 Å². The van der Waals surface area contributed by atoms with Gasteiger partial charge in [0.25, 0.3) is 0 Å². The van der Waals surface area contributed by atoms with Crippen LogP contribution in [0.4, 0.5) is 0 Å². The molecule has 0 aromatic heterocycles. The van der Waals surface area contributed by atoms with Crippen molar-refractivity contribution in [2.75, 3.05) is 0 Å². The molecule has 0 unspecified atom stereocenters. The summed E-state index contributed by atoms with van der Waals surface area (Å²) in [5, 5.41) is 7.32. The van der Waals surface area contributed by atoms with E-state index in [-0.39, 0.29) is 0 Å². The van der Waals surface area contributed by atoms with Crippen LogP contribution in [0.25, 0.3) is 0 Å². The van der Waals surface area contributed by atoms with E-state index in [0.29, 0.717) is 0 Å². The van der Waals surface area contributed by atoms with Crippen molar-refractivity contribution in [2.45, 2.75) is 6.92 Å². The Morgan fingerprint density at radius 3 is 1.11 bits per heavy atom. The number of halogens is 5. The van der Waals surface area contributed by atoms with Crippen molar-refractivity contribution in [2.24, 2.45) is 0 Å². The summed E-state index contributed by atoms with van der Waals surface area (Å²) in [6.45, 7) is 1.43. The van der Waals surface area contributed by atoms with Crippen LogP contribution in [0.5, 0.6) is 0 Å². The third kappa shape index (κ3) is 211. The second-order valence-electron chi connectivity index (χ2n) is 0.807. The van der Waals surface area contributed by atoms with Crippen molar-refractivity contribution in [1.82, 2.24) is 0 Å². The third-order valence-electron chi connectivity index (χ3n) is 0. The molecule has 0 heterocycles. The Morgan fingerprint density at radius 1 is 1.11 bits per heavy atom. The summed E-state index contributed by atoms with van der Waals surface area (Å²) in [5.41, 5.74) is 0. The molecule has 0 atom stereocenters. The third-order valence-corrected chi connectivity index (χ3v) is 0. The summed E-state index contributed by atoms with van der Waals surface area (Å²) in [6, 6.07) is 1.75. The van der Waals surface area contributed by atoms with Crippen LogP contribution in [0.15, 0.2) is 0 Å². The Bertz CT molecular complexity index is 100. The fourth-order valence-corrected chi connectivity index (χ4v) is 0. The molecule has 0 saturated heterocycles. The molecule has 0 bridgehead atoms. The topological polar surface area (TPSA) is 23.8 Å². The molecule has 9 heavy (non-hydrogen) atoms. The summed E-state index contributed by atoms with van der Waals surface area (Å²) in [4.78, 5) is 0. The molecule has 0 aromatic carbocycles. The fourth-order valence-electron chi connectivity index (χ4n) is 0. The molecule has 0 N–H and O–H groups in total. The number of nitriles is 1. The Morgan fingerprint density at radius 2 is 1.11 bits per heavy atom. The Labute approximate surface area is 74.2 Å². The van der Waals surface area contributed by atoms with Gasteiger partial charge in [-0.15, -0.1) is 0 Å². The fraction of sp³-hybridized carbons (Fsp3) is 0.500. The molecule has 0 aliphatic rings. The average molecular weight is 402 g/mol. The molecule has 0 fully saturated rings. The van der Waals surface area contributed by atoms with Gasteiger partial charge in [0.05, 0.1) is 6.07 Å². The van der Waals surface area contributed by atoms with Crippen LogP contribution in [0.2, 0.25) is 0 Å². The predicted octanol–water partition coefficient (Wildman–Crippen LogP) is 3.97. The van der Waals surface area contributed by atoms with Crippen molar-refractivity contribution in [3.63, 3.8) is 0 Å². The molecule has 0 radical (unpaired) electrons. The van der Waals surface area contributed by atoms with Gasteiger partial charge in [-0.25, -0.2) is 0 Å². The predicted molar refractivity (Wildman–Crippen MR) is 40.6 cm³/mol. The van der Waals surface area contributed by atoms with Crippen LogP contribution in [0.3, 0.4) is 0 Å². The Hall–Kier alpha value is 1.63. The van der Waals surface area contributed by atoms with Gasteiger partial charge in [0.2, 0.25) is 0 Å². The maximum absolute atomic E-state index is 7.32. The van der Waals surface area contributed by atoms with Gasteiger partial charge in [0.1, 0.15) is 0 Å². The van der Waals surface area contributed by atoms with E-state index in [9.17, 15) is 0 Å². The SMILES string of the molecule is CC#N.[Cl][W]([Cl])([Cl])([Cl])[Cl]. The second-order valence-corrected chi connectivity index (χ2v) is 43.2. The van der Waals surface area contributed by atoms with Crippen LogP contribution >= 0.6 is 47.1 Å². The molecule has 0 aliphatic carbocycles. The van der Waals surface area contributed by atoms with E-state index < -0.39 is 9.60 Å². The molecule has 0 spiro atoms. The standard InChI is InChI=1S/C2H3N.5ClH.W/c1-2-3;;;;;;/h1H3;5*1H;/q;;;;;;+5/p-5. The van der Waals surface area contributed by atoms with Crippen molar-refractivity contribution >= 4 is 47.1 Å². The summed E-state index contributed by atoms with van der Waals surface area (Å²) >= 11 is 0. The summed E-state index contributed by atoms with van der Waals surface area (Å²) in [5.74, 6) is 0. The summed E-state index contributed by atoms with van der Waals surface area (Å²) in [7, 11) is 20.9. The van der Waals surface area contributed by atoms with E-state index in [1.807, 2.05) is 0 Å². The second kappa shape index (κ2) is 4.49. The van der Waals surface area contributed by atoms with Crippen molar-refractivity contribution < 1.29 is 9.60 Å². The number of hydrogen-bond acceptors (Lipinski definition) is 1. The van der Waals surface area contributed by atoms with Crippen molar-refractivity contribution in [1.29, 1.82) is 5.26 Å². The molecular formula is C2H3Cl5NW. The Balaban J connectivity index is 0. The first-order valence-electron chi connectivity index (χ1n) is 1.50. The van der Waals surface area contributed by atoms with E-state index in [0.717, 1.165) is 0 Å². The number of rotatable bonds is 0. The summed E-state index contributed by atoms with van der Waals surface area (Å²) < 4.78 is 0. The first-order valence-corrected chi connectivity index (χ1v) is 19.7. The molecule has 7 heteroatoms. The van der Waals surface area contributed by atoms with Crippen LogP contribution in [0, 0.1) is 11.3 Å². The molecule has 1 nitrogen and oxygen atoms in total. The zero-order chi connectivity index (χ0) is 8.15. The molecule has 0 saturated carbocycles. The minimum absolute atomic E-state index is 1.43. The molecule has 0 aromatic rings. The number of nitrogens with zero attached hydrogens (tertiary/aromatic N) is 1. The van der Waals surface area contributed by atoms with E-state index >= 15 is 0 Å². The zero-order valence-corrected chi connectivity index (χ0v) is 11.0. The molecular weight excluding hydrogens is 399 g/mol. The quantitative estimate of drug-likeness (QED) is 0.602. The molecule has 0 rings (SSSR count). The van der Waals surface area contributed by atoms with E-state index in [4.69, 9.17) is 52.4 Å². The van der Waals surface area contributed by atoms with Gasteiger partial charge in [-0.2, -0.15) is 5.26 Å². The molecule has 0 aliphatic heterocycles. The van der Waals surface area contributed by atoms with Crippen molar-refractivity contribution in [3.05, 3.63) is 0 Å². The van der Waals surface area contributed by atoms with Gasteiger partial charge in [-0.3, -0.25) is 0 Å². The van der Waals surface area contributed by atoms with Crippen LogP contribution < -0.4 is 0 Å². The van der Waals surface area contributed by atoms with Gasteiger partial charge >= 0.3 is 56.7 Å². The van der Waals surface area contributed by atoms with Crippen LogP contribution in [-0.4, -0.2) is 0 Å². The van der Waals surface area contributed by atoms with Gasteiger partial charge in [0.15, 0.2) is 0 Å². The minimum atomic E-state index is -4.39. The van der Waals surface area contributed by atoms with Gasteiger partial charge in [-0.1, -0.05) is 0 Å². The average Bonchev–Trinajstić information content (AvgIpc) is 1.23. The summed E-state index contributed by atoms with van der Waals surface area (Å²) in [6.07, 6.45) is 0. The van der Waals surface area contributed by atoms with E-state index in [1.165, 1.54) is 6.92 Å². The molecule has 0 amide bonds. The molecule has 57 valence electrons. The van der Waals surface area contributed by atoms with Crippen molar-refractivity contribution in [3.8, 4) is 6.07 Å². The maximum atomic E-state index is 7.32. The van der Waals surface area contributed by atoms with E-state index in [2.05, 4.69) is 0 Å². The first kappa shape index (κ1) is 13.2. The monoisotopic (exact) mass is 400 g/mol. The number of hydrogen-bond donors (Lipinski definition) is 0.